The molecular weight excluding hydrogens is 330 g/mol. The second-order valence-electron chi connectivity index (χ2n) is 6.10. The summed E-state index contributed by atoms with van der Waals surface area (Å²) in [5.41, 5.74) is 5.37. The second kappa shape index (κ2) is 7.31. The summed E-state index contributed by atoms with van der Waals surface area (Å²) in [4.78, 5) is 38.2. The largest absolute Gasteiger partial charge is 0.465 e. The predicted molar refractivity (Wildman–Crippen MR) is 92.1 cm³/mol. The quantitative estimate of drug-likeness (QED) is 0.750. The van der Waals surface area contributed by atoms with Gasteiger partial charge in [0, 0.05) is 6.54 Å². The standard InChI is InChI=1S/C16H23N3O4S/c1-4-7-16(2,17)15(22)18-11-5-8-19(12(11)20)13-10(6-9-24-13)14(21)23-3/h6,9,11H,4-5,7-8,17H2,1-3H3,(H,18,22). The van der Waals surface area contributed by atoms with E-state index in [-0.39, 0.29) is 11.8 Å². The molecule has 2 unspecified atom stereocenters. The van der Waals surface area contributed by atoms with E-state index in [1.807, 2.05) is 6.92 Å². The van der Waals surface area contributed by atoms with Crippen LogP contribution in [0, 0.1) is 0 Å². The van der Waals surface area contributed by atoms with Crippen LogP contribution < -0.4 is 16.0 Å². The molecule has 8 heteroatoms. The molecule has 3 N–H and O–H groups in total. The minimum Gasteiger partial charge on any atom is -0.465 e. The van der Waals surface area contributed by atoms with Gasteiger partial charge in [-0.2, -0.15) is 0 Å². The molecule has 1 aliphatic heterocycles. The molecule has 0 bridgehead atoms. The molecule has 0 saturated carbocycles. The van der Waals surface area contributed by atoms with Crippen molar-refractivity contribution in [2.24, 2.45) is 5.73 Å². The fourth-order valence-corrected chi connectivity index (χ4v) is 3.67. The Bertz CT molecular complexity index is 641. The number of esters is 1. The first kappa shape index (κ1) is 18.4. The van der Waals surface area contributed by atoms with Gasteiger partial charge in [0.15, 0.2) is 0 Å². The number of carbonyl (C=O) groups is 3. The van der Waals surface area contributed by atoms with Crippen LogP contribution >= 0.6 is 11.3 Å². The van der Waals surface area contributed by atoms with E-state index in [1.54, 1.807) is 18.4 Å². The number of nitrogens with zero attached hydrogens (tertiary/aromatic N) is 1. The molecule has 2 amide bonds. The lowest BCUT2D eigenvalue weighted by molar-refractivity contribution is -0.129. The second-order valence-corrected chi connectivity index (χ2v) is 7.00. The van der Waals surface area contributed by atoms with Crippen LogP contribution in [0.4, 0.5) is 5.00 Å². The highest BCUT2D eigenvalue weighted by Gasteiger charge is 2.38. The minimum atomic E-state index is -0.997. The van der Waals surface area contributed by atoms with Crippen LogP contribution in [-0.4, -0.2) is 43.0 Å². The summed E-state index contributed by atoms with van der Waals surface area (Å²) in [6.07, 6.45) is 1.80. The maximum absolute atomic E-state index is 12.6. The molecule has 1 saturated heterocycles. The smallest absolute Gasteiger partial charge is 0.340 e. The van der Waals surface area contributed by atoms with Gasteiger partial charge < -0.3 is 20.7 Å². The Kier molecular flexibility index (Phi) is 5.61. The lowest BCUT2D eigenvalue weighted by atomic mass is 9.96. The number of thiophene rings is 1. The van der Waals surface area contributed by atoms with Crippen molar-refractivity contribution in [2.75, 3.05) is 18.6 Å². The average Bonchev–Trinajstić information content (AvgIpc) is 3.14. The van der Waals surface area contributed by atoms with Crippen LogP contribution in [-0.2, 0) is 14.3 Å². The number of ether oxygens (including phenoxy) is 1. The number of hydrogen-bond acceptors (Lipinski definition) is 6. The van der Waals surface area contributed by atoms with Crippen molar-refractivity contribution in [2.45, 2.75) is 44.7 Å². The number of anilines is 1. The van der Waals surface area contributed by atoms with Gasteiger partial charge in [-0.05, 0) is 31.2 Å². The summed E-state index contributed by atoms with van der Waals surface area (Å²) in [5, 5.41) is 5.03. The maximum Gasteiger partial charge on any atom is 0.340 e. The van der Waals surface area contributed by atoms with Crippen LogP contribution in [0.25, 0.3) is 0 Å². The van der Waals surface area contributed by atoms with Gasteiger partial charge in [-0.15, -0.1) is 11.3 Å². The van der Waals surface area contributed by atoms with Gasteiger partial charge in [0.25, 0.3) is 0 Å². The molecule has 0 radical (unpaired) electrons. The zero-order valence-corrected chi connectivity index (χ0v) is 14.9. The van der Waals surface area contributed by atoms with E-state index in [1.165, 1.54) is 23.3 Å². The highest BCUT2D eigenvalue weighted by Crippen LogP contribution is 2.31. The average molecular weight is 353 g/mol. The normalized spacial score (nSPS) is 19.9. The zero-order chi connectivity index (χ0) is 17.9. The fourth-order valence-electron chi connectivity index (χ4n) is 2.75. The van der Waals surface area contributed by atoms with Crippen molar-refractivity contribution < 1.29 is 19.1 Å². The van der Waals surface area contributed by atoms with E-state index in [2.05, 4.69) is 5.32 Å². The number of hydrogen-bond donors (Lipinski definition) is 2. The molecule has 0 aliphatic carbocycles. The van der Waals surface area contributed by atoms with E-state index in [0.717, 1.165) is 6.42 Å². The van der Waals surface area contributed by atoms with Gasteiger partial charge in [0.2, 0.25) is 11.8 Å². The van der Waals surface area contributed by atoms with Crippen LogP contribution in [0.1, 0.15) is 43.5 Å². The summed E-state index contributed by atoms with van der Waals surface area (Å²) >= 11 is 1.30. The van der Waals surface area contributed by atoms with Crippen molar-refractivity contribution >= 4 is 34.1 Å². The first-order valence-electron chi connectivity index (χ1n) is 7.88. The number of amides is 2. The summed E-state index contributed by atoms with van der Waals surface area (Å²) in [5.74, 6) is -1.05. The van der Waals surface area contributed by atoms with Crippen molar-refractivity contribution in [3.05, 3.63) is 17.0 Å². The first-order chi connectivity index (χ1) is 11.3. The lowest BCUT2D eigenvalue weighted by Crippen LogP contribution is -2.55. The van der Waals surface area contributed by atoms with Gasteiger partial charge in [-0.25, -0.2) is 4.79 Å². The molecule has 1 fully saturated rings. The Balaban J connectivity index is 2.10. The van der Waals surface area contributed by atoms with Gasteiger partial charge >= 0.3 is 5.97 Å². The molecule has 2 heterocycles. The summed E-state index contributed by atoms with van der Waals surface area (Å²) < 4.78 is 4.74. The van der Waals surface area contributed by atoms with Crippen molar-refractivity contribution in [1.82, 2.24) is 5.32 Å². The topological polar surface area (TPSA) is 102 Å². The molecule has 24 heavy (non-hydrogen) atoms. The van der Waals surface area contributed by atoms with Crippen LogP contribution in [0.2, 0.25) is 0 Å². The third-order valence-corrected chi connectivity index (χ3v) is 5.03. The highest BCUT2D eigenvalue weighted by molar-refractivity contribution is 7.14. The Morgan fingerprint density at radius 2 is 2.25 bits per heavy atom. The van der Waals surface area contributed by atoms with Crippen molar-refractivity contribution in [3.8, 4) is 0 Å². The summed E-state index contributed by atoms with van der Waals surface area (Å²) in [7, 11) is 1.30. The van der Waals surface area contributed by atoms with Crippen molar-refractivity contribution in [1.29, 1.82) is 0 Å². The van der Waals surface area contributed by atoms with E-state index in [4.69, 9.17) is 10.5 Å². The predicted octanol–water partition coefficient (Wildman–Crippen LogP) is 1.27. The van der Waals surface area contributed by atoms with E-state index < -0.39 is 17.6 Å². The molecular formula is C16H23N3O4S. The van der Waals surface area contributed by atoms with Crippen LogP contribution in [0.3, 0.4) is 0 Å². The minimum absolute atomic E-state index is 0.233. The fraction of sp³-hybridized carbons (Fsp3) is 0.562. The maximum atomic E-state index is 12.6. The van der Waals surface area contributed by atoms with E-state index >= 15 is 0 Å². The van der Waals surface area contributed by atoms with Crippen LogP contribution in [0.15, 0.2) is 11.4 Å². The van der Waals surface area contributed by atoms with E-state index in [0.29, 0.717) is 30.0 Å². The molecule has 2 rings (SSSR count). The molecule has 132 valence electrons. The Morgan fingerprint density at radius 3 is 2.88 bits per heavy atom. The Labute approximate surface area is 145 Å². The number of rotatable bonds is 6. The Hall–Kier alpha value is -1.93. The van der Waals surface area contributed by atoms with Gasteiger partial charge in [0.1, 0.15) is 11.0 Å². The van der Waals surface area contributed by atoms with Crippen LogP contribution in [0.5, 0.6) is 0 Å². The molecule has 1 aromatic heterocycles. The number of nitrogens with two attached hydrogens (primary N) is 1. The lowest BCUT2D eigenvalue weighted by Gasteiger charge is -2.25. The molecule has 0 spiro atoms. The zero-order valence-electron chi connectivity index (χ0n) is 14.1. The third kappa shape index (κ3) is 3.59. The molecule has 0 aromatic carbocycles. The number of carbonyl (C=O) groups excluding carboxylic acids is 3. The highest BCUT2D eigenvalue weighted by atomic mass is 32.1. The summed E-state index contributed by atoms with van der Waals surface area (Å²) in [6, 6.07) is 1.01. The van der Waals surface area contributed by atoms with Crippen molar-refractivity contribution in [3.63, 3.8) is 0 Å². The van der Waals surface area contributed by atoms with Gasteiger partial charge in [0.05, 0.1) is 18.2 Å². The number of nitrogens with one attached hydrogen (secondary N) is 1. The molecule has 1 aromatic rings. The third-order valence-electron chi connectivity index (χ3n) is 4.09. The van der Waals surface area contributed by atoms with Gasteiger partial charge in [-0.3, -0.25) is 9.59 Å². The van der Waals surface area contributed by atoms with E-state index in [9.17, 15) is 14.4 Å². The molecule has 7 nitrogen and oxygen atoms in total. The summed E-state index contributed by atoms with van der Waals surface area (Å²) in [6.45, 7) is 4.05. The monoisotopic (exact) mass is 353 g/mol. The SMILES string of the molecule is CCCC(C)(N)C(=O)NC1CCN(c2sccc2C(=O)OC)C1=O. The Morgan fingerprint density at radius 1 is 1.54 bits per heavy atom. The molecule has 1 aliphatic rings. The number of methoxy groups -OCH3 is 1. The first-order valence-corrected chi connectivity index (χ1v) is 8.76. The molecule has 2 atom stereocenters. The van der Waals surface area contributed by atoms with Gasteiger partial charge in [-0.1, -0.05) is 13.3 Å².